The van der Waals surface area contributed by atoms with Crippen molar-refractivity contribution in [3.8, 4) is 0 Å². The number of amides is 1. The number of nitrogens with zero attached hydrogens (tertiary/aromatic N) is 1. The molecular weight excluding hydrogens is 267 g/mol. The molecule has 0 bridgehead atoms. The summed E-state index contributed by atoms with van der Waals surface area (Å²) in [6.45, 7) is 1.91. The van der Waals surface area contributed by atoms with Crippen molar-refractivity contribution < 1.29 is 9.18 Å². The zero-order valence-corrected chi connectivity index (χ0v) is 11.7. The molecule has 2 rings (SSSR count). The van der Waals surface area contributed by atoms with Crippen LogP contribution in [0.4, 0.5) is 4.39 Å². The van der Waals surface area contributed by atoms with Crippen molar-refractivity contribution in [3.63, 3.8) is 0 Å². The van der Waals surface area contributed by atoms with E-state index in [0.29, 0.717) is 5.56 Å². The first-order chi connectivity index (χ1) is 9.09. The second-order valence-corrected chi connectivity index (χ2v) is 5.28. The SMILES string of the molecule is CN(C(=O)c1ccc(F)cc1Cl)C1CCCNCC1. The average molecular weight is 285 g/mol. The van der Waals surface area contributed by atoms with E-state index in [-0.39, 0.29) is 17.0 Å². The number of carbonyl (C=O) groups excluding carboxylic acids is 1. The lowest BCUT2D eigenvalue weighted by atomic mass is 10.1. The smallest absolute Gasteiger partial charge is 0.255 e. The van der Waals surface area contributed by atoms with Crippen LogP contribution >= 0.6 is 11.6 Å². The van der Waals surface area contributed by atoms with Crippen LogP contribution < -0.4 is 5.32 Å². The molecule has 3 nitrogen and oxygen atoms in total. The molecule has 0 aliphatic carbocycles. The Morgan fingerprint density at radius 3 is 2.95 bits per heavy atom. The quantitative estimate of drug-likeness (QED) is 0.906. The molecule has 1 aliphatic heterocycles. The molecule has 1 N–H and O–H groups in total. The molecule has 1 atom stereocenters. The normalized spacial score (nSPS) is 19.8. The van der Waals surface area contributed by atoms with Gasteiger partial charge in [0.15, 0.2) is 0 Å². The van der Waals surface area contributed by atoms with Gasteiger partial charge in [-0.2, -0.15) is 0 Å². The topological polar surface area (TPSA) is 32.3 Å². The molecule has 104 valence electrons. The van der Waals surface area contributed by atoms with E-state index in [1.54, 1.807) is 11.9 Å². The van der Waals surface area contributed by atoms with Crippen LogP contribution in [0.1, 0.15) is 29.6 Å². The molecule has 1 aromatic carbocycles. The Morgan fingerprint density at radius 1 is 1.42 bits per heavy atom. The van der Waals surface area contributed by atoms with Crippen molar-refractivity contribution in [2.75, 3.05) is 20.1 Å². The maximum absolute atomic E-state index is 13.0. The fourth-order valence-electron chi connectivity index (χ4n) is 2.41. The Bertz CT molecular complexity index is 459. The minimum Gasteiger partial charge on any atom is -0.339 e. The van der Waals surface area contributed by atoms with E-state index in [0.717, 1.165) is 32.4 Å². The van der Waals surface area contributed by atoms with E-state index in [2.05, 4.69) is 5.32 Å². The summed E-state index contributed by atoms with van der Waals surface area (Å²) in [7, 11) is 1.79. The van der Waals surface area contributed by atoms with Gasteiger partial charge in [-0.15, -0.1) is 0 Å². The molecule has 1 aromatic rings. The molecule has 1 fully saturated rings. The van der Waals surface area contributed by atoms with Crippen LogP contribution in [0, 0.1) is 5.82 Å². The van der Waals surface area contributed by atoms with E-state index in [4.69, 9.17) is 11.6 Å². The van der Waals surface area contributed by atoms with Crippen molar-refractivity contribution in [1.82, 2.24) is 10.2 Å². The maximum atomic E-state index is 13.0. The third-order valence-corrected chi connectivity index (χ3v) is 3.89. The predicted molar refractivity (Wildman–Crippen MR) is 74.0 cm³/mol. The van der Waals surface area contributed by atoms with Crippen molar-refractivity contribution in [2.24, 2.45) is 0 Å². The summed E-state index contributed by atoms with van der Waals surface area (Å²) in [6, 6.07) is 4.10. The predicted octanol–water partition coefficient (Wildman–Crippen LogP) is 2.69. The number of hydrogen-bond donors (Lipinski definition) is 1. The highest BCUT2D eigenvalue weighted by Crippen LogP contribution is 2.21. The fraction of sp³-hybridized carbons (Fsp3) is 0.500. The largest absolute Gasteiger partial charge is 0.339 e. The summed E-state index contributed by atoms with van der Waals surface area (Å²) in [6.07, 6.45) is 2.97. The van der Waals surface area contributed by atoms with Crippen LogP contribution in [0.5, 0.6) is 0 Å². The van der Waals surface area contributed by atoms with E-state index in [1.165, 1.54) is 18.2 Å². The Kier molecular flexibility index (Phi) is 4.77. The van der Waals surface area contributed by atoms with E-state index >= 15 is 0 Å². The molecule has 1 aliphatic rings. The number of rotatable bonds is 2. The molecule has 0 radical (unpaired) electrons. The van der Waals surface area contributed by atoms with Crippen LogP contribution in [0.3, 0.4) is 0 Å². The summed E-state index contributed by atoms with van der Waals surface area (Å²) in [5.74, 6) is -0.570. The van der Waals surface area contributed by atoms with Gasteiger partial charge in [0.05, 0.1) is 10.6 Å². The van der Waals surface area contributed by atoms with E-state index < -0.39 is 5.82 Å². The zero-order chi connectivity index (χ0) is 13.8. The minimum absolute atomic E-state index is 0.142. The second-order valence-electron chi connectivity index (χ2n) is 4.87. The van der Waals surface area contributed by atoms with Gasteiger partial charge in [-0.3, -0.25) is 4.79 Å². The highest BCUT2D eigenvalue weighted by molar-refractivity contribution is 6.33. The molecule has 5 heteroatoms. The first-order valence-electron chi connectivity index (χ1n) is 6.52. The lowest BCUT2D eigenvalue weighted by molar-refractivity contribution is 0.0720. The number of benzene rings is 1. The van der Waals surface area contributed by atoms with Crippen LogP contribution in [-0.4, -0.2) is 37.0 Å². The lowest BCUT2D eigenvalue weighted by Gasteiger charge is -2.27. The zero-order valence-electron chi connectivity index (χ0n) is 11.0. The number of carbonyl (C=O) groups is 1. The van der Waals surface area contributed by atoms with E-state index in [9.17, 15) is 9.18 Å². The van der Waals surface area contributed by atoms with Crippen LogP contribution in [0.2, 0.25) is 5.02 Å². The van der Waals surface area contributed by atoms with Crippen LogP contribution in [0.15, 0.2) is 18.2 Å². The van der Waals surface area contributed by atoms with E-state index in [1.807, 2.05) is 0 Å². The van der Waals surface area contributed by atoms with Gasteiger partial charge in [0.1, 0.15) is 5.82 Å². The summed E-state index contributed by atoms with van der Waals surface area (Å²) < 4.78 is 13.0. The third kappa shape index (κ3) is 3.45. The summed E-state index contributed by atoms with van der Waals surface area (Å²) in [5, 5.41) is 3.49. The Labute approximate surface area is 117 Å². The van der Waals surface area contributed by atoms with Gasteiger partial charge in [0.25, 0.3) is 5.91 Å². The molecule has 1 amide bonds. The van der Waals surface area contributed by atoms with Crippen molar-refractivity contribution in [2.45, 2.75) is 25.3 Å². The van der Waals surface area contributed by atoms with Gasteiger partial charge < -0.3 is 10.2 Å². The molecule has 1 saturated heterocycles. The summed E-state index contributed by atoms with van der Waals surface area (Å²) in [4.78, 5) is 14.1. The molecule has 0 spiro atoms. The van der Waals surface area contributed by atoms with Crippen molar-refractivity contribution in [3.05, 3.63) is 34.6 Å². The number of hydrogen-bond acceptors (Lipinski definition) is 2. The lowest BCUT2D eigenvalue weighted by Crippen LogP contribution is -2.37. The molecule has 1 unspecified atom stereocenters. The molecule has 1 heterocycles. The van der Waals surface area contributed by atoms with Gasteiger partial charge in [-0.25, -0.2) is 4.39 Å². The van der Waals surface area contributed by atoms with Gasteiger partial charge in [-0.1, -0.05) is 11.6 Å². The van der Waals surface area contributed by atoms with Crippen LogP contribution in [-0.2, 0) is 0 Å². The Hall–Kier alpha value is -1.13. The highest BCUT2D eigenvalue weighted by Gasteiger charge is 2.23. The molecule has 19 heavy (non-hydrogen) atoms. The summed E-state index contributed by atoms with van der Waals surface area (Å²) in [5.41, 5.74) is 0.364. The number of nitrogens with one attached hydrogen (secondary N) is 1. The van der Waals surface area contributed by atoms with Gasteiger partial charge >= 0.3 is 0 Å². The maximum Gasteiger partial charge on any atom is 0.255 e. The Morgan fingerprint density at radius 2 is 2.21 bits per heavy atom. The summed E-state index contributed by atoms with van der Waals surface area (Å²) >= 11 is 5.94. The minimum atomic E-state index is -0.428. The standard InChI is InChI=1S/C14H18ClFN2O/c1-18(11-3-2-7-17-8-6-11)14(19)12-5-4-10(16)9-13(12)15/h4-5,9,11,17H,2-3,6-8H2,1H3. The van der Waals surface area contributed by atoms with Crippen LogP contribution in [0.25, 0.3) is 0 Å². The van der Waals surface area contributed by atoms with Gasteiger partial charge in [0.2, 0.25) is 0 Å². The first kappa shape index (κ1) is 14.3. The number of halogens is 2. The fourth-order valence-corrected chi connectivity index (χ4v) is 2.65. The molecular formula is C14H18ClFN2O. The Balaban J connectivity index is 2.13. The third-order valence-electron chi connectivity index (χ3n) is 3.57. The second kappa shape index (κ2) is 6.35. The highest BCUT2D eigenvalue weighted by atomic mass is 35.5. The average Bonchev–Trinajstić information content (AvgIpc) is 2.66. The van der Waals surface area contributed by atoms with Crippen molar-refractivity contribution >= 4 is 17.5 Å². The molecule has 0 aromatic heterocycles. The first-order valence-corrected chi connectivity index (χ1v) is 6.90. The molecule has 0 saturated carbocycles. The van der Waals surface area contributed by atoms with Crippen molar-refractivity contribution in [1.29, 1.82) is 0 Å². The van der Waals surface area contributed by atoms with Gasteiger partial charge in [0, 0.05) is 13.1 Å². The van der Waals surface area contributed by atoms with Gasteiger partial charge in [-0.05, 0) is 50.6 Å². The monoisotopic (exact) mass is 284 g/mol.